The van der Waals surface area contributed by atoms with Gasteiger partial charge in [0.15, 0.2) is 0 Å². The Morgan fingerprint density at radius 1 is 0.690 bits per heavy atom. The predicted molar refractivity (Wildman–Crippen MR) is 128 cm³/mol. The van der Waals surface area contributed by atoms with Crippen LogP contribution in [0, 0.1) is 0 Å². The van der Waals surface area contributed by atoms with Crippen molar-refractivity contribution in [3.8, 4) is 0 Å². The van der Waals surface area contributed by atoms with Gasteiger partial charge < -0.3 is 0 Å². The number of fused-ring (bicyclic) bond motifs is 6. The number of para-hydroxylation sites is 1. The van der Waals surface area contributed by atoms with Crippen molar-refractivity contribution in [2.24, 2.45) is 0 Å². The van der Waals surface area contributed by atoms with Gasteiger partial charge in [-0.2, -0.15) is 0 Å². The minimum absolute atomic E-state index is 0.534. The van der Waals surface area contributed by atoms with Crippen LogP contribution < -0.4 is 0 Å². The predicted octanol–water partition coefficient (Wildman–Crippen LogP) is 8.00. The van der Waals surface area contributed by atoms with Crippen molar-refractivity contribution >= 4 is 48.4 Å². The third kappa shape index (κ3) is 3.54. The molecule has 0 amide bonds. The zero-order chi connectivity index (χ0) is 19.6. The van der Waals surface area contributed by atoms with E-state index in [1.807, 2.05) is 30.5 Å². The molecule has 4 aromatic carbocycles. The topological polar surface area (TPSA) is 12.9 Å². The van der Waals surface area contributed by atoms with Gasteiger partial charge in [-0.05, 0) is 64.1 Å². The van der Waals surface area contributed by atoms with E-state index in [1.54, 1.807) is 5.56 Å². The van der Waals surface area contributed by atoms with Crippen LogP contribution in [0.5, 0.6) is 0 Å². The van der Waals surface area contributed by atoms with Gasteiger partial charge in [-0.3, -0.25) is 4.98 Å². The summed E-state index contributed by atoms with van der Waals surface area (Å²) < 4.78 is 0. The minimum atomic E-state index is 0.534. The fraction of sp³-hybridized carbons (Fsp3) is 0.148. The first-order valence-electron chi connectivity index (χ1n) is 10.2. The molecule has 0 spiro atoms. The molecule has 0 N–H and O–H groups in total. The molecule has 1 nitrogen and oxygen atoms in total. The largest absolute Gasteiger partial charge is 0.256 e. The van der Waals surface area contributed by atoms with Crippen molar-refractivity contribution < 1.29 is 0 Å². The maximum atomic E-state index is 4.18. The Kier molecular flexibility index (Phi) is 5.03. The van der Waals surface area contributed by atoms with Gasteiger partial charge in [0.05, 0.1) is 5.52 Å². The van der Waals surface area contributed by atoms with Gasteiger partial charge >= 0.3 is 0 Å². The Bertz CT molecular complexity index is 1240. The van der Waals surface area contributed by atoms with E-state index in [0.717, 1.165) is 5.52 Å². The summed E-state index contributed by atoms with van der Waals surface area (Å²) in [6.45, 7) is 0. The first-order chi connectivity index (χ1) is 14.3. The molecule has 1 aromatic heterocycles. The van der Waals surface area contributed by atoms with Gasteiger partial charge in [0.25, 0.3) is 0 Å². The molecule has 0 saturated carbocycles. The first kappa shape index (κ1) is 18.3. The van der Waals surface area contributed by atoms with Crippen LogP contribution >= 0.6 is 15.9 Å². The quantitative estimate of drug-likeness (QED) is 0.176. The summed E-state index contributed by atoms with van der Waals surface area (Å²) in [5.74, 6) is 0. The first-order valence-corrected chi connectivity index (χ1v) is 11.1. The number of pyridine rings is 1. The smallest absolute Gasteiger partial charge is 0.0701 e. The third-order valence-electron chi connectivity index (χ3n) is 5.81. The van der Waals surface area contributed by atoms with Crippen LogP contribution in [0.1, 0.15) is 28.8 Å². The molecule has 1 aliphatic rings. The van der Waals surface area contributed by atoms with E-state index in [4.69, 9.17) is 0 Å². The van der Waals surface area contributed by atoms with Gasteiger partial charge in [0.1, 0.15) is 0 Å². The Morgan fingerprint density at radius 2 is 1.45 bits per heavy atom. The van der Waals surface area contributed by atoms with E-state index < -0.39 is 0 Å². The van der Waals surface area contributed by atoms with Crippen LogP contribution in [-0.2, 0) is 6.42 Å². The van der Waals surface area contributed by atoms with Gasteiger partial charge in [0, 0.05) is 16.4 Å². The molecule has 0 bridgehead atoms. The lowest BCUT2D eigenvalue weighted by atomic mass is 9.86. The van der Waals surface area contributed by atoms with Crippen LogP contribution in [0.3, 0.4) is 0 Å². The number of alkyl halides is 1. The zero-order valence-electron chi connectivity index (χ0n) is 16.2. The number of hydrogen-bond acceptors (Lipinski definition) is 1. The molecule has 0 aliphatic heterocycles. The lowest BCUT2D eigenvalue weighted by Gasteiger charge is -2.23. The highest BCUT2D eigenvalue weighted by Crippen LogP contribution is 2.40. The molecule has 5 aromatic rings. The molecular formula is C27H22BrN. The Labute approximate surface area is 179 Å². The second kappa shape index (κ2) is 7.96. The van der Waals surface area contributed by atoms with Gasteiger partial charge in [-0.1, -0.05) is 88.7 Å². The van der Waals surface area contributed by atoms with Crippen LogP contribution in [0.4, 0.5) is 0 Å². The van der Waals surface area contributed by atoms with Crippen molar-refractivity contribution in [2.45, 2.75) is 24.1 Å². The van der Waals surface area contributed by atoms with E-state index in [0.29, 0.717) is 4.83 Å². The van der Waals surface area contributed by atoms with E-state index in [1.165, 1.54) is 51.8 Å². The Balaban J connectivity index is 0.000000153. The molecule has 1 heterocycles. The molecule has 2 heteroatoms. The van der Waals surface area contributed by atoms with Crippen LogP contribution in [0.15, 0.2) is 91.1 Å². The van der Waals surface area contributed by atoms with Crippen molar-refractivity contribution in [3.05, 3.63) is 102 Å². The van der Waals surface area contributed by atoms with Crippen LogP contribution in [-0.4, -0.2) is 4.98 Å². The average Bonchev–Trinajstić information content (AvgIpc) is 2.79. The van der Waals surface area contributed by atoms with E-state index in [-0.39, 0.29) is 0 Å². The molecule has 6 rings (SSSR count). The molecule has 0 saturated heterocycles. The second-order valence-electron chi connectivity index (χ2n) is 7.57. The van der Waals surface area contributed by atoms with E-state index in [9.17, 15) is 0 Å². The monoisotopic (exact) mass is 439 g/mol. The van der Waals surface area contributed by atoms with Crippen molar-refractivity contribution in [3.63, 3.8) is 0 Å². The molecule has 0 fully saturated rings. The number of aromatic nitrogens is 1. The van der Waals surface area contributed by atoms with Gasteiger partial charge in [-0.25, -0.2) is 0 Å². The second-order valence-corrected chi connectivity index (χ2v) is 8.68. The third-order valence-corrected chi connectivity index (χ3v) is 6.76. The van der Waals surface area contributed by atoms with Gasteiger partial charge in [0.2, 0.25) is 0 Å². The lowest BCUT2D eigenvalue weighted by molar-refractivity contribution is 0.685. The minimum Gasteiger partial charge on any atom is -0.256 e. The number of rotatable bonds is 0. The summed E-state index contributed by atoms with van der Waals surface area (Å²) in [6.07, 6.45) is 5.57. The summed E-state index contributed by atoms with van der Waals surface area (Å²) in [7, 11) is 0. The molecule has 29 heavy (non-hydrogen) atoms. The molecule has 1 atom stereocenters. The summed E-state index contributed by atoms with van der Waals surface area (Å²) >= 11 is 3.82. The zero-order valence-corrected chi connectivity index (χ0v) is 17.8. The average molecular weight is 440 g/mol. The summed E-state index contributed by atoms with van der Waals surface area (Å²) in [5.41, 5.74) is 4.11. The standard InChI is InChI=1S/C18H15Br.C9H7N/c19-18-7-3-6-14-16-9-8-12-4-1-2-5-13(12)15(16)10-11-17(14)18;1-2-6-9-8(4-1)5-3-7-10-9/h1-2,4-5,8-11,18H,3,6-7H2;1-7H. The number of hydrogen-bond donors (Lipinski definition) is 0. The molecule has 0 radical (unpaired) electrons. The molecule has 1 unspecified atom stereocenters. The highest BCUT2D eigenvalue weighted by Gasteiger charge is 2.19. The number of nitrogens with zero attached hydrogens (tertiary/aromatic N) is 1. The maximum Gasteiger partial charge on any atom is 0.0701 e. The summed E-state index contributed by atoms with van der Waals surface area (Å²) in [6, 6.07) is 30.0. The number of halogens is 1. The molecule has 142 valence electrons. The highest BCUT2D eigenvalue weighted by atomic mass is 79.9. The van der Waals surface area contributed by atoms with Crippen molar-refractivity contribution in [2.75, 3.05) is 0 Å². The SMILES string of the molecule is BrC1CCCc2c1ccc1c2ccc2ccccc21.c1ccc2ncccc2c1. The number of aryl methyl sites for hydroxylation is 1. The lowest BCUT2D eigenvalue weighted by Crippen LogP contribution is -2.05. The summed E-state index contributed by atoms with van der Waals surface area (Å²) in [4.78, 5) is 4.72. The van der Waals surface area contributed by atoms with E-state index >= 15 is 0 Å². The fourth-order valence-corrected chi connectivity index (χ4v) is 5.12. The highest BCUT2D eigenvalue weighted by molar-refractivity contribution is 9.09. The van der Waals surface area contributed by atoms with Crippen molar-refractivity contribution in [1.82, 2.24) is 4.98 Å². The number of benzene rings is 4. The van der Waals surface area contributed by atoms with Crippen molar-refractivity contribution in [1.29, 1.82) is 0 Å². The van der Waals surface area contributed by atoms with Crippen LogP contribution in [0.25, 0.3) is 32.4 Å². The molecular weight excluding hydrogens is 418 g/mol. The maximum absolute atomic E-state index is 4.18. The van der Waals surface area contributed by atoms with E-state index in [2.05, 4.69) is 81.6 Å². The fourth-order valence-electron chi connectivity index (χ4n) is 4.37. The molecule has 1 aliphatic carbocycles. The normalized spacial score (nSPS) is 15.7. The Morgan fingerprint density at radius 3 is 2.34 bits per heavy atom. The van der Waals surface area contributed by atoms with Gasteiger partial charge in [-0.15, -0.1) is 0 Å². The summed E-state index contributed by atoms with van der Waals surface area (Å²) in [5, 5.41) is 6.75. The van der Waals surface area contributed by atoms with Crippen LogP contribution in [0.2, 0.25) is 0 Å². The Hall–Kier alpha value is -2.71.